The molecule has 2 amide bonds. The molecule has 0 aliphatic heterocycles. The summed E-state index contributed by atoms with van der Waals surface area (Å²) in [6.07, 6.45) is 5.97. The average molecular weight is 328 g/mol. The molecular formula is C18H20N2O4. The molecule has 0 saturated carbocycles. The van der Waals surface area contributed by atoms with Crippen LogP contribution in [-0.4, -0.2) is 29.4 Å². The van der Waals surface area contributed by atoms with Crippen LogP contribution in [0.1, 0.15) is 23.2 Å². The van der Waals surface area contributed by atoms with Crippen LogP contribution in [0.3, 0.4) is 0 Å². The molecular weight excluding hydrogens is 308 g/mol. The highest BCUT2D eigenvalue weighted by Gasteiger charge is 2.33. The van der Waals surface area contributed by atoms with E-state index in [4.69, 9.17) is 0 Å². The maximum atomic E-state index is 12.3. The van der Waals surface area contributed by atoms with E-state index in [1.807, 2.05) is 6.08 Å². The molecule has 2 rings (SSSR count). The topological polar surface area (TPSA) is 95.5 Å². The molecule has 24 heavy (non-hydrogen) atoms. The van der Waals surface area contributed by atoms with Crippen molar-refractivity contribution in [1.82, 2.24) is 5.32 Å². The van der Waals surface area contributed by atoms with Crippen LogP contribution in [0.25, 0.3) is 0 Å². The fourth-order valence-corrected chi connectivity index (χ4v) is 2.58. The summed E-state index contributed by atoms with van der Waals surface area (Å²) >= 11 is 0. The molecule has 6 heteroatoms. The van der Waals surface area contributed by atoms with E-state index in [2.05, 4.69) is 17.2 Å². The summed E-state index contributed by atoms with van der Waals surface area (Å²) in [6.45, 7) is 3.91. The molecule has 3 N–H and O–H groups in total. The summed E-state index contributed by atoms with van der Waals surface area (Å²) in [5.74, 6) is -2.82. The van der Waals surface area contributed by atoms with Crippen LogP contribution in [0.5, 0.6) is 0 Å². The van der Waals surface area contributed by atoms with Crippen molar-refractivity contribution >= 4 is 23.5 Å². The van der Waals surface area contributed by atoms with Crippen molar-refractivity contribution in [2.75, 3.05) is 11.9 Å². The maximum Gasteiger partial charge on any atom is 0.307 e. The van der Waals surface area contributed by atoms with E-state index >= 15 is 0 Å². The summed E-state index contributed by atoms with van der Waals surface area (Å²) in [7, 11) is 0. The van der Waals surface area contributed by atoms with E-state index in [9.17, 15) is 19.5 Å². The molecule has 0 bridgehead atoms. The van der Waals surface area contributed by atoms with Gasteiger partial charge in [0.05, 0.1) is 11.8 Å². The third-order valence-electron chi connectivity index (χ3n) is 3.91. The van der Waals surface area contributed by atoms with Crippen molar-refractivity contribution in [3.05, 3.63) is 54.6 Å². The minimum atomic E-state index is -0.964. The number of carbonyl (C=O) groups excluding carboxylic acids is 2. The predicted octanol–water partition coefficient (Wildman–Crippen LogP) is 2.21. The van der Waals surface area contributed by atoms with Gasteiger partial charge in [0.15, 0.2) is 0 Å². The molecule has 1 aliphatic carbocycles. The lowest BCUT2D eigenvalue weighted by Crippen LogP contribution is -2.34. The average Bonchev–Trinajstić information content (AvgIpc) is 2.60. The number of carboxylic acids is 1. The van der Waals surface area contributed by atoms with Crippen molar-refractivity contribution in [2.45, 2.75) is 12.8 Å². The fraction of sp³-hybridized carbons (Fsp3) is 0.278. The largest absolute Gasteiger partial charge is 0.481 e. The first kappa shape index (κ1) is 17.5. The normalized spacial score (nSPS) is 19.3. The second kappa shape index (κ2) is 8.10. The summed E-state index contributed by atoms with van der Waals surface area (Å²) in [4.78, 5) is 35.4. The monoisotopic (exact) mass is 328 g/mol. The number of benzene rings is 1. The Labute approximate surface area is 140 Å². The van der Waals surface area contributed by atoms with Gasteiger partial charge in [0.1, 0.15) is 0 Å². The highest BCUT2D eigenvalue weighted by Crippen LogP contribution is 2.27. The number of carbonyl (C=O) groups is 3. The van der Waals surface area contributed by atoms with Gasteiger partial charge in [0, 0.05) is 17.8 Å². The minimum absolute atomic E-state index is 0.226. The first-order chi connectivity index (χ1) is 11.5. The van der Waals surface area contributed by atoms with E-state index in [0.717, 1.165) is 0 Å². The van der Waals surface area contributed by atoms with Gasteiger partial charge < -0.3 is 15.7 Å². The number of allylic oxidation sites excluding steroid dienone is 2. The van der Waals surface area contributed by atoms with Crippen molar-refractivity contribution in [3.8, 4) is 0 Å². The summed E-state index contributed by atoms with van der Waals surface area (Å²) in [5.41, 5.74) is 0.998. The molecule has 0 heterocycles. The van der Waals surface area contributed by atoms with Crippen molar-refractivity contribution in [2.24, 2.45) is 11.8 Å². The van der Waals surface area contributed by atoms with Crippen LogP contribution in [0, 0.1) is 11.8 Å². The second-order valence-electron chi connectivity index (χ2n) is 5.56. The van der Waals surface area contributed by atoms with Crippen LogP contribution in [0.15, 0.2) is 49.1 Å². The fourth-order valence-electron chi connectivity index (χ4n) is 2.58. The number of nitrogens with one attached hydrogen (secondary N) is 2. The van der Waals surface area contributed by atoms with E-state index in [0.29, 0.717) is 30.6 Å². The lowest BCUT2D eigenvalue weighted by atomic mass is 9.82. The van der Waals surface area contributed by atoms with Gasteiger partial charge in [0.25, 0.3) is 5.91 Å². The van der Waals surface area contributed by atoms with Gasteiger partial charge in [-0.2, -0.15) is 0 Å². The van der Waals surface area contributed by atoms with Crippen molar-refractivity contribution in [1.29, 1.82) is 0 Å². The van der Waals surface area contributed by atoms with Crippen LogP contribution in [-0.2, 0) is 9.59 Å². The quantitative estimate of drug-likeness (QED) is 0.698. The van der Waals surface area contributed by atoms with E-state index in [1.54, 1.807) is 36.4 Å². The number of carboxylic acid groups (broad SMARTS) is 1. The summed E-state index contributed by atoms with van der Waals surface area (Å²) in [5, 5.41) is 14.6. The van der Waals surface area contributed by atoms with Crippen LogP contribution >= 0.6 is 0 Å². The van der Waals surface area contributed by atoms with E-state index in [-0.39, 0.29) is 11.8 Å². The number of anilines is 1. The molecule has 0 aromatic heterocycles. The number of hydrogen-bond donors (Lipinski definition) is 3. The Kier molecular flexibility index (Phi) is 5.89. The van der Waals surface area contributed by atoms with Crippen molar-refractivity contribution < 1.29 is 19.5 Å². The third-order valence-corrected chi connectivity index (χ3v) is 3.91. The highest BCUT2D eigenvalue weighted by molar-refractivity contribution is 5.97. The Bertz CT molecular complexity index is 664. The summed E-state index contributed by atoms with van der Waals surface area (Å²) < 4.78 is 0. The van der Waals surface area contributed by atoms with Gasteiger partial charge in [-0.1, -0.05) is 18.2 Å². The van der Waals surface area contributed by atoms with Gasteiger partial charge in [-0.05, 0) is 37.1 Å². The molecule has 0 spiro atoms. The molecule has 1 aromatic rings. The van der Waals surface area contributed by atoms with Gasteiger partial charge >= 0.3 is 5.97 Å². The molecule has 6 nitrogen and oxygen atoms in total. The van der Waals surface area contributed by atoms with Gasteiger partial charge in [-0.3, -0.25) is 14.4 Å². The Balaban J connectivity index is 2.01. The minimum Gasteiger partial charge on any atom is -0.481 e. The van der Waals surface area contributed by atoms with Gasteiger partial charge in [-0.25, -0.2) is 0 Å². The smallest absolute Gasteiger partial charge is 0.307 e. The Morgan fingerprint density at radius 1 is 1.12 bits per heavy atom. The second-order valence-corrected chi connectivity index (χ2v) is 5.56. The summed E-state index contributed by atoms with van der Waals surface area (Å²) in [6, 6.07) is 6.44. The Morgan fingerprint density at radius 2 is 1.75 bits per heavy atom. The van der Waals surface area contributed by atoms with Gasteiger partial charge in [0.2, 0.25) is 5.91 Å². The SMILES string of the molecule is C=CCNC(=O)c1ccc(NC(=O)C2CC=CCC2C(=O)O)cc1. The number of hydrogen-bond acceptors (Lipinski definition) is 3. The first-order valence-corrected chi connectivity index (χ1v) is 7.70. The van der Waals surface area contributed by atoms with Crippen molar-refractivity contribution in [3.63, 3.8) is 0 Å². The zero-order valence-electron chi connectivity index (χ0n) is 13.2. The van der Waals surface area contributed by atoms with Crippen LogP contribution in [0.2, 0.25) is 0 Å². The van der Waals surface area contributed by atoms with Gasteiger partial charge in [-0.15, -0.1) is 6.58 Å². The zero-order valence-corrected chi connectivity index (χ0v) is 13.2. The van der Waals surface area contributed by atoms with Crippen LogP contribution in [0.4, 0.5) is 5.69 Å². The molecule has 0 fully saturated rings. The van der Waals surface area contributed by atoms with Crippen LogP contribution < -0.4 is 10.6 Å². The lowest BCUT2D eigenvalue weighted by Gasteiger charge is -2.24. The van der Waals surface area contributed by atoms with E-state index < -0.39 is 17.8 Å². The Morgan fingerprint density at radius 3 is 2.33 bits per heavy atom. The highest BCUT2D eigenvalue weighted by atomic mass is 16.4. The number of aliphatic carboxylic acids is 1. The molecule has 126 valence electrons. The molecule has 2 atom stereocenters. The molecule has 2 unspecified atom stereocenters. The molecule has 1 aromatic carbocycles. The number of amides is 2. The Hall–Kier alpha value is -2.89. The lowest BCUT2D eigenvalue weighted by molar-refractivity contribution is -0.146. The van der Waals surface area contributed by atoms with E-state index in [1.165, 1.54) is 0 Å². The standard InChI is InChI=1S/C18H20N2O4/c1-2-11-19-16(21)12-7-9-13(10-8-12)20-17(22)14-5-3-4-6-15(14)18(23)24/h2-4,7-10,14-15H,1,5-6,11H2,(H,19,21)(H,20,22)(H,23,24). The zero-order chi connectivity index (χ0) is 17.5. The molecule has 1 aliphatic rings. The number of rotatable bonds is 6. The molecule has 0 radical (unpaired) electrons. The maximum absolute atomic E-state index is 12.3. The first-order valence-electron chi connectivity index (χ1n) is 7.70. The third kappa shape index (κ3) is 4.32. The predicted molar refractivity (Wildman–Crippen MR) is 90.6 cm³/mol. The molecule has 0 saturated heterocycles.